The van der Waals surface area contributed by atoms with Crippen molar-refractivity contribution in [3.8, 4) is 0 Å². The fraction of sp³-hybridized carbons (Fsp3) is 0.250. The standard InChI is InChI=1S/C12H14N2S/c1-10(12-5-3-7-15-12)14-9-11-4-2-6-13-8-11/h2-8,10,14H,9H2,1H3/t10-/m0/s1. The third-order valence-electron chi connectivity index (χ3n) is 2.31. The van der Waals surface area contributed by atoms with Gasteiger partial charge in [0.2, 0.25) is 0 Å². The lowest BCUT2D eigenvalue weighted by Gasteiger charge is -2.11. The van der Waals surface area contributed by atoms with Crippen LogP contribution < -0.4 is 5.32 Å². The molecular weight excluding hydrogens is 204 g/mol. The third kappa shape index (κ3) is 2.88. The van der Waals surface area contributed by atoms with Crippen LogP contribution in [-0.2, 0) is 6.54 Å². The molecule has 2 rings (SSSR count). The largest absolute Gasteiger partial charge is 0.305 e. The average Bonchev–Trinajstić information content (AvgIpc) is 2.81. The summed E-state index contributed by atoms with van der Waals surface area (Å²) in [4.78, 5) is 5.46. The molecule has 15 heavy (non-hydrogen) atoms. The topological polar surface area (TPSA) is 24.9 Å². The normalized spacial score (nSPS) is 12.6. The first-order valence-corrected chi connectivity index (χ1v) is 5.90. The van der Waals surface area contributed by atoms with Crippen LogP contribution in [0.3, 0.4) is 0 Å². The van der Waals surface area contributed by atoms with E-state index in [1.54, 1.807) is 17.5 Å². The smallest absolute Gasteiger partial charge is 0.0388 e. The van der Waals surface area contributed by atoms with E-state index in [0.717, 1.165) is 6.54 Å². The van der Waals surface area contributed by atoms with Crippen LogP contribution in [0, 0.1) is 0 Å². The Bertz CT molecular complexity index is 383. The van der Waals surface area contributed by atoms with Gasteiger partial charge in [-0.1, -0.05) is 12.1 Å². The van der Waals surface area contributed by atoms with Crippen molar-refractivity contribution in [3.63, 3.8) is 0 Å². The van der Waals surface area contributed by atoms with Crippen molar-refractivity contribution in [3.05, 3.63) is 52.5 Å². The molecule has 1 atom stereocenters. The Hall–Kier alpha value is -1.19. The first kappa shape index (κ1) is 10.3. The summed E-state index contributed by atoms with van der Waals surface area (Å²) >= 11 is 1.79. The highest BCUT2D eigenvalue weighted by Gasteiger charge is 2.04. The summed E-state index contributed by atoms with van der Waals surface area (Å²) in [6, 6.07) is 8.70. The molecule has 78 valence electrons. The highest BCUT2D eigenvalue weighted by Crippen LogP contribution is 2.18. The van der Waals surface area contributed by atoms with Gasteiger partial charge in [0.15, 0.2) is 0 Å². The second-order valence-electron chi connectivity index (χ2n) is 3.48. The summed E-state index contributed by atoms with van der Waals surface area (Å²) < 4.78 is 0. The van der Waals surface area contributed by atoms with E-state index in [1.807, 2.05) is 12.3 Å². The maximum Gasteiger partial charge on any atom is 0.0388 e. The van der Waals surface area contributed by atoms with Crippen molar-refractivity contribution in [2.24, 2.45) is 0 Å². The predicted molar refractivity (Wildman–Crippen MR) is 63.8 cm³/mol. The van der Waals surface area contributed by atoms with E-state index in [2.05, 4.69) is 40.8 Å². The zero-order chi connectivity index (χ0) is 10.5. The molecular formula is C12H14N2S. The molecule has 1 N–H and O–H groups in total. The van der Waals surface area contributed by atoms with Crippen molar-refractivity contribution in [1.29, 1.82) is 0 Å². The zero-order valence-corrected chi connectivity index (χ0v) is 9.50. The van der Waals surface area contributed by atoms with Gasteiger partial charge in [-0.3, -0.25) is 4.98 Å². The third-order valence-corrected chi connectivity index (χ3v) is 3.36. The van der Waals surface area contributed by atoms with Crippen LogP contribution in [0.2, 0.25) is 0 Å². The molecule has 0 amide bonds. The lowest BCUT2D eigenvalue weighted by Crippen LogP contribution is -2.17. The van der Waals surface area contributed by atoms with Crippen molar-refractivity contribution in [2.75, 3.05) is 0 Å². The number of thiophene rings is 1. The Kier molecular flexibility index (Phi) is 3.48. The van der Waals surface area contributed by atoms with Crippen molar-refractivity contribution in [1.82, 2.24) is 10.3 Å². The molecule has 0 spiro atoms. The lowest BCUT2D eigenvalue weighted by molar-refractivity contribution is 0.582. The fourth-order valence-electron chi connectivity index (χ4n) is 1.41. The molecule has 0 unspecified atom stereocenters. The highest BCUT2D eigenvalue weighted by atomic mass is 32.1. The van der Waals surface area contributed by atoms with Crippen LogP contribution in [0.4, 0.5) is 0 Å². The number of hydrogen-bond acceptors (Lipinski definition) is 3. The van der Waals surface area contributed by atoms with Gasteiger partial charge in [0.1, 0.15) is 0 Å². The van der Waals surface area contributed by atoms with Crippen LogP contribution in [0.1, 0.15) is 23.4 Å². The second-order valence-corrected chi connectivity index (χ2v) is 4.46. The molecule has 0 saturated carbocycles. The van der Waals surface area contributed by atoms with E-state index in [0.29, 0.717) is 6.04 Å². The highest BCUT2D eigenvalue weighted by molar-refractivity contribution is 7.10. The molecule has 0 aliphatic heterocycles. The Labute approximate surface area is 94.0 Å². The van der Waals surface area contributed by atoms with Gasteiger partial charge in [0, 0.05) is 29.9 Å². The van der Waals surface area contributed by atoms with Crippen LogP contribution in [0.15, 0.2) is 42.0 Å². The number of nitrogens with zero attached hydrogens (tertiary/aromatic N) is 1. The van der Waals surface area contributed by atoms with Gasteiger partial charge in [-0.05, 0) is 30.0 Å². The summed E-state index contributed by atoms with van der Waals surface area (Å²) in [5.74, 6) is 0. The fourth-order valence-corrected chi connectivity index (χ4v) is 2.17. The van der Waals surface area contributed by atoms with Gasteiger partial charge >= 0.3 is 0 Å². The summed E-state index contributed by atoms with van der Waals surface area (Å²) in [6.45, 7) is 3.05. The summed E-state index contributed by atoms with van der Waals surface area (Å²) in [5, 5.41) is 5.58. The van der Waals surface area contributed by atoms with E-state index in [1.165, 1.54) is 10.4 Å². The Balaban J connectivity index is 1.89. The van der Waals surface area contributed by atoms with E-state index in [9.17, 15) is 0 Å². The average molecular weight is 218 g/mol. The SMILES string of the molecule is C[C@H](NCc1cccnc1)c1cccs1. The lowest BCUT2D eigenvalue weighted by atomic mass is 10.2. The molecule has 0 aromatic carbocycles. The number of hydrogen-bond donors (Lipinski definition) is 1. The monoisotopic (exact) mass is 218 g/mol. The maximum atomic E-state index is 4.09. The second kappa shape index (κ2) is 5.05. The molecule has 2 aromatic heterocycles. The molecule has 0 fully saturated rings. The van der Waals surface area contributed by atoms with Gasteiger partial charge < -0.3 is 5.32 Å². The Morgan fingerprint density at radius 1 is 1.40 bits per heavy atom. The quantitative estimate of drug-likeness (QED) is 0.853. The van der Waals surface area contributed by atoms with E-state index >= 15 is 0 Å². The first-order valence-electron chi connectivity index (χ1n) is 5.02. The molecule has 0 bridgehead atoms. The molecule has 0 aliphatic rings. The molecule has 2 heterocycles. The molecule has 2 aromatic rings. The molecule has 0 aliphatic carbocycles. The van der Waals surface area contributed by atoms with Crippen LogP contribution in [-0.4, -0.2) is 4.98 Å². The van der Waals surface area contributed by atoms with E-state index in [4.69, 9.17) is 0 Å². The minimum atomic E-state index is 0.408. The summed E-state index contributed by atoms with van der Waals surface area (Å²) in [7, 11) is 0. The molecule has 2 nitrogen and oxygen atoms in total. The number of aromatic nitrogens is 1. The minimum Gasteiger partial charge on any atom is -0.305 e. The molecule has 0 saturated heterocycles. The summed E-state index contributed by atoms with van der Waals surface area (Å²) in [5.41, 5.74) is 1.22. The number of pyridine rings is 1. The number of nitrogens with one attached hydrogen (secondary N) is 1. The zero-order valence-electron chi connectivity index (χ0n) is 8.68. The van der Waals surface area contributed by atoms with Gasteiger partial charge in [0.25, 0.3) is 0 Å². The van der Waals surface area contributed by atoms with Gasteiger partial charge in [-0.2, -0.15) is 0 Å². The van der Waals surface area contributed by atoms with Crippen molar-refractivity contribution < 1.29 is 0 Å². The van der Waals surface area contributed by atoms with E-state index < -0.39 is 0 Å². The van der Waals surface area contributed by atoms with E-state index in [-0.39, 0.29) is 0 Å². The minimum absolute atomic E-state index is 0.408. The summed E-state index contributed by atoms with van der Waals surface area (Å²) in [6.07, 6.45) is 3.69. The Morgan fingerprint density at radius 2 is 2.33 bits per heavy atom. The van der Waals surface area contributed by atoms with Crippen LogP contribution >= 0.6 is 11.3 Å². The van der Waals surface area contributed by atoms with Crippen LogP contribution in [0.5, 0.6) is 0 Å². The van der Waals surface area contributed by atoms with Crippen molar-refractivity contribution in [2.45, 2.75) is 19.5 Å². The number of rotatable bonds is 4. The van der Waals surface area contributed by atoms with Crippen molar-refractivity contribution >= 4 is 11.3 Å². The predicted octanol–water partition coefficient (Wildman–Crippen LogP) is 2.99. The van der Waals surface area contributed by atoms with Gasteiger partial charge in [-0.25, -0.2) is 0 Å². The molecule has 3 heteroatoms. The Morgan fingerprint density at radius 3 is 3.00 bits per heavy atom. The van der Waals surface area contributed by atoms with Gasteiger partial charge in [0.05, 0.1) is 0 Å². The first-order chi connectivity index (χ1) is 7.36. The molecule has 0 radical (unpaired) electrons. The van der Waals surface area contributed by atoms with Crippen LogP contribution in [0.25, 0.3) is 0 Å². The maximum absolute atomic E-state index is 4.09. The van der Waals surface area contributed by atoms with Gasteiger partial charge in [-0.15, -0.1) is 11.3 Å².